The normalized spacial score (nSPS) is 15.6. The Kier molecular flexibility index (Phi) is 7.98. The zero-order valence-corrected chi connectivity index (χ0v) is 23.3. The summed E-state index contributed by atoms with van der Waals surface area (Å²) in [6, 6.07) is 15.9. The summed E-state index contributed by atoms with van der Waals surface area (Å²) in [6.07, 6.45) is -5.22. The maximum Gasteiger partial charge on any atom is 0.416 e. The van der Waals surface area contributed by atoms with Gasteiger partial charge in [-0.25, -0.2) is 8.78 Å². The van der Waals surface area contributed by atoms with Crippen molar-refractivity contribution in [2.24, 2.45) is 0 Å². The van der Waals surface area contributed by atoms with Crippen molar-refractivity contribution in [3.05, 3.63) is 117 Å². The minimum atomic E-state index is -4.79. The van der Waals surface area contributed by atoms with Crippen molar-refractivity contribution in [3.8, 4) is 16.9 Å². The van der Waals surface area contributed by atoms with Crippen LogP contribution in [0.3, 0.4) is 0 Å². The Morgan fingerprint density at radius 3 is 2.39 bits per heavy atom. The molecule has 1 aliphatic rings. The average molecular weight is 587 g/mol. The lowest BCUT2D eigenvalue weighted by Gasteiger charge is -2.27. The highest BCUT2D eigenvalue weighted by Crippen LogP contribution is 2.45. The van der Waals surface area contributed by atoms with E-state index < -0.39 is 47.0 Å². The Hall–Kier alpha value is -3.63. The van der Waals surface area contributed by atoms with Gasteiger partial charge in [-0.2, -0.15) is 13.2 Å². The van der Waals surface area contributed by atoms with Gasteiger partial charge >= 0.3 is 6.18 Å². The van der Waals surface area contributed by atoms with Crippen LogP contribution in [0.15, 0.2) is 76.6 Å². The van der Waals surface area contributed by atoms with E-state index in [2.05, 4.69) is 5.32 Å². The van der Waals surface area contributed by atoms with E-state index >= 15 is 8.78 Å². The third-order valence-electron chi connectivity index (χ3n) is 7.54. The second-order valence-corrected chi connectivity index (χ2v) is 10.8. The van der Waals surface area contributed by atoms with E-state index in [1.54, 1.807) is 20.0 Å². The average Bonchev–Trinajstić information content (AvgIpc) is 3.38. The molecule has 0 spiro atoms. The number of fused-ring (bicyclic) bond motifs is 1. The van der Waals surface area contributed by atoms with Crippen LogP contribution in [-0.2, 0) is 12.6 Å². The van der Waals surface area contributed by atoms with Gasteiger partial charge in [0.05, 0.1) is 35.3 Å². The highest BCUT2D eigenvalue weighted by atomic mass is 32.2. The van der Waals surface area contributed by atoms with E-state index in [1.165, 1.54) is 35.6 Å². The van der Waals surface area contributed by atoms with Crippen LogP contribution in [0.5, 0.6) is 5.75 Å². The number of alkyl halides is 3. The van der Waals surface area contributed by atoms with E-state index in [1.807, 2.05) is 30.3 Å². The minimum absolute atomic E-state index is 0.000428. The van der Waals surface area contributed by atoms with Crippen LogP contribution < -0.4 is 15.6 Å². The topological polar surface area (TPSA) is 43.3 Å². The van der Waals surface area contributed by atoms with Crippen LogP contribution in [0, 0.1) is 18.6 Å². The molecule has 0 saturated heterocycles. The lowest BCUT2D eigenvalue weighted by Crippen LogP contribution is -2.35. The SMILES string of the molecule is CNC(c1ccccc1)C1CSc2c(Cc3c(F)cccc3C(F)(F)F)c(C)c(-c3cccc(OC)c3F)c(=O)n21. The molecule has 0 fully saturated rings. The number of nitrogens with zero attached hydrogens (tertiary/aromatic N) is 1. The number of hydrogen-bond acceptors (Lipinski definition) is 4. The van der Waals surface area contributed by atoms with Crippen LogP contribution >= 0.6 is 11.8 Å². The summed E-state index contributed by atoms with van der Waals surface area (Å²) in [5.74, 6) is -1.42. The Balaban J connectivity index is 1.80. The summed E-state index contributed by atoms with van der Waals surface area (Å²) < 4.78 is 79.2. The molecule has 214 valence electrons. The Bertz CT molecular complexity index is 1650. The van der Waals surface area contributed by atoms with Crippen molar-refractivity contribution < 1.29 is 26.7 Å². The molecule has 4 nitrogen and oxygen atoms in total. The van der Waals surface area contributed by atoms with Gasteiger partial charge in [0.25, 0.3) is 5.56 Å². The molecule has 2 heterocycles. The summed E-state index contributed by atoms with van der Waals surface area (Å²) in [5.41, 5.74) is -0.600. The van der Waals surface area contributed by atoms with Crippen LogP contribution in [0.2, 0.25) is 0 Å². The van der Waals surface area contributed by atoms with E-state index in [0.29, 0.717) is 21.9 Å². The van der Waals surface area contributed by atoms with E-state index in [-0.39, 0.29) is 22.9 Å². The van der Waals surface area contributed by atoms with Gasteiger partial charge in [-0.3, -0.25) is 9.36 Å². The number of thioether (sulfide) groups is 1. The van der Waals surface area contributed by atoms with Crippen molar-refractivity contribution >= 4 is 11.8 Å². The van der Waals surface area contributed by atoms with E-state index in [9.17, 15) is 18.0 Å². The summed E-state index contributed by atoms with van der Waals surface area (Å²) in [4.78, 5) is 14.3. The number of likely N-dealkylation sites (N-methyl/N-ethyl adjacent to an activating group) is 1. The van der Waals surface area contributed by atoms with Crippen molar-refractivity contribution in [2.75, 3.05) is 19.9 Å². The first-order valence-electron chi connectivity index (χ1n) is 12.9. The number of rotatable bonds is 7. The first-order chi connectivity index (χ1) is 19.6. The van der Waals surface area contributed by atoms with E-state index in [0.717, 1.165) is 23.8 Å². The number of nitrogens with one attached hydrogen (secondary N) is 1. The number of halogens is 5. The number of pyridine rings is 1. The Morgan fingerprint density at radius 2 is 1.73 bits per heavy atom. The van der Waals surface area contributed by atoms with Crippen molar-refractivity contribution in [1.82, 2.24) is 9.88 Å². The molecule has 4 aromatic rings. The summed E-state index contributed by atoms with van der Waals surface area (Å²) in [6.45, 7) is 1.57. The molecule has 5 rings (SSSR count). The molecule has 0 radical (unpaired) electrons. The molecule has 1 aliphatic heterocycles. The van der Waals surface area contributed by atoms with Gasteiger partial charge in [0.2, 0.25) is 0 Å². The van der Waals surface area contributed by atoms with E-state index in [4.69, 9.17) is 4.74 Å². The molecule has 0 saturated carbocycles. The lowest BCUT2D eigenvalue weighted by molar-refractivity contribution is -0.138. The molecule has 1 aromatic heterocycles. The molecular formula is C31H27F5N2O2S. The highest BCUT2D eigenvalue weighted by molar-refractivity contribution is 7.99. The van der Waals surface area contributed by atoms with Gasteiger partial charge in [-0.05, 0) is 48.9 Å². The minimum Gasteiger partial charge on any atom is -0.494 e. The second-order valence-electron chi connectivity index (χ2n) is 9.78. The maximum atomic E-state index is 15.6. The van der Waals surface area contributed by atoms with Gasteiger partial charge in [0.15, 0.2) is 11.6 Å². The Labute approximate surface area is 238 Å². The molecule has 2 unspecified atom stereocenters. The predicted octanol–water partition coefficient (Wildman–Crippen LogP) is 7.33. The van der Waals surface area contributed by atoms with Crippen molar-refractivity contribution in [3.63, 3.8) is 0 Å². The fourth-order valence-corrected chi connectivity index (χ4v) is 7.01. The van der Waals surface area contributed by atoms with Gasteiger partial charge in [-0.15, -0.1) is 11.8 Å². The zero-order valence-electron chi connectivity index (χ0n) is 22.5. The maximum absolute atomic E-state index is 15.6. The molecule has 0 aliphatic carbocycles. The molecule has 0 amide bonds. The Morgan fingerprint density at radius 1 is 1.02 bits per heavy atom. The van der Waals surface area contributed by atoms with Gasteiger partial charge in [-0.1, -0.05) is 48.5 Å². The molecule has 3 aromatic carbocycles. The van der Waals surface area contributed by atoms with Gasteiger partial charge in [0.1, 0.15) is 5.82 Å². The monoisotopic (exact) mass is 586 g/mol. The lowest BCUT2D eigenvalue weighted by atomic mass is 9.91. The first-order valence-corrected chi connectivity index (χ1v) is 13.9. The fraction of sp³-hybridized carbons (Fsp3) is 0.258. The number of benzene rings is 3. The number of ether oxygens (including phenoxy) is 1. The number of aromatic nitrogens is 1. The smallest absolute Gasteiger partial charge is 0.416 e. The predicted molar refractivity (Wildman–Crippen MR) is 150 cm³/mol. The van der Waals surface area contributed by atoms with Crippen molar-refractivity contribution in [1.29, 1.82) is 0 Å². The molecule has 41 heavy (non-hydrogen) atoms. The number of hydrogen-bond donors (Lipinski definition) is 1. The summed E-state index contributed by atoms with van der Waals surface area (Å²) in [7, 11) is 3.06. The second kappa shape index (κ2) is 11.3. The highest BCUT2D eigenvalue weighted by Gasteiger charge is 2.38. The van der Waals surface area contributed by atoms with Crippen LogP contribution in [-0.4, -0.2) is 24.5 Å². The van der Waals surface area contributed by atoms with Crippen LogP contribution in [0.1, 0.15) is 39.9 Å². The van der Waals surface area contributed by atoms with Gasteiger partial charge in [0, 0.05) is 23.3 Å². The van der Waals surface area contributed by atoms with Gasteiger partial charge < -0.3 is 10.1 Å². The summed E-state index contributed by atoms with van der Waals surface area (Å²) >= 11 is 1.32. The largest absolute Gasteiger partial charge is 0.494 e. The molecule has 10 heteroatoms. The standard InChI is InChI=1S/C31H27F5N2O2S/c1-17-20(15-21-22(31(34,35)36)12-8-13-23(21)32)30-38(24(16-41-30)28(37-2)18-9-5-4-6-10-18)29(39)26(17)19-11-7-14-25(40-3)27(19)33/h4-14,24,28,37H,15-16H2,1-3H3. The van der Waals surface area contributed by atoms with Crippen LogP contribution in [0.4, 0.5) is 22.0 Å². The zero-order chi connectivity index (χ0) is 29.5. The molecule has 2 atom stereocenters. The number of methoxy groups -OCH3 is 1. The molecular weight excluding hydrogens is 559 g/mol. The molecule has 0 bridgehead atoms. The molecule has 1 N–H and O–H groups in total. The summed E-state index contributed by atoms with van der Waals surface area (Å²) in [5, 5.41) is 3.71. The van der Waals surface area contributed by atoms with Crippen molar-refractivity contribution in [2.45, 2.75) is 36.6 Å². The third-order valence-corrected chi connectivity index (χ3v) is 8.77. The quantitative estimate of drug-likeness (QED) is 0.231. The fourth-order valence-electron chi connectivity index (χ4n) is 5.58. The third kappa shape index (κ3) is 5.15. The first kappa shape index (κ1) is 28.9. The van der Waals surface area contributed by atoms with Crippen LogP contribution in [0.25, 0.3) is 11.1 Å².